The molecule has 172 valence electrons. The number of rotatable bonds is 3. The lowest BCUT2D eigenvalue weighted by Gasteiger charge is -2.43. The van der Waals surface area contributed by atoms with E-state index in [1.54, 1.807) is 0 Å². The summed E-state index contributed by atoms with van der Waals surface area (Å²) in [5.74, 6) is 2.05. The topological polar surface area (TPSA) is 90.2 Å². The highest BCUT2D eigenvalue weighted by Crippen LogP contribution is 2.49. The third-order valence-electron chi connectivity index (χ3n) is 7.18. The second-order valence-corrected chi connectivity index (χ2v) is 9.34. The van der Waals surface area contributed by atoms with Gasteiger partial charge in [0.25, 0.3) is 5.91 Å². The zero-order chi connectivity index (χ0) is 22.6. The number of aliphatic hydroxyl groups excluding tert-OH is 1. The fourth-order valence-electron chi connectivity index (χ4n) is 5.53. The molecule has 1 saturated carbocycles. The lowest BCUT2D eigenvalue weighted by atomic mass is 9.77. The number of benzene rings is 2. The molecular weight excluding hydrogens is 422 g/mol. The SMILES string of the molecule is Cc1c(C(=O)NCc2ccc3c(c2)OCO3)oc2ccc3c(c12)[C@H](O)CC1(CCCCC1)O3. The van der Waals surface area contributed by atoms with Crippen LogP contribution in [0.4, 0.5) is 0 Å². The van der Waals surface area contributed by atoms with Crippen molar-refractivity contribution in [2.24, 2.45) is 0 Å². The molecule has 7 nitrogen and oxygen atoms in total. The van der Waals surface area contributed by atoms with Crippen molar-refractivity contribution in [3.63, 3.8) is 0 Å². The summed E-state index contributed by atoms with van der Waals surface area (Å²) in [5, 5.41) is 14.8. The van der Waals surface area contributed by atoms with E-state index in [2.05, 4.69) is 5.32 Å². The quantitative estimate of drug-likeness (QED) is 0.590. The Hall–Kier alpha value is -3.19. The van der Waals surface area contributed by atoms with Gasteiger partial charge in [-0.15, -0.1) is 0 Å². The van der Waals surface area contributed by atoms with Crippen molar-refractivity contribution in [3.05, 3.63) is 52.8 Å². The van der Waals surface area contributed by atoms with Crippen LogP contribution in [0.1, 0.15) is 71.9 Å². The summed E-state index contributed by atoms with van der Waals surface area (Å²) < 4.78 is 23.2. The first-order valence-corrected chi connectivity index (χ1v) is 11.6. The largest absolute Gasteiger partial charge is 0.487 e. The Morgan fingerprint density at radius 2 is 1.88 bits per heavy atom. The molecule has 2 aliphatic heterocycles. The highest BCUT2D eigenvalue weighted by molar-refractivity contribution is 6.00. The van der Waals surface area contributed by atoms with Gasteiger partial charge < -0.3 is 29.1 Å². The monoisotopic (exact) mass is 449 g/mol. The van der Waals surface area contributed by atoms with Crippen molar-refractivity contribution in [2.75, 3.05) is 6.79 Å². The van der Waals surface area contributed by atoms with Crippen LogP contribution < -0.4 is 19.5 Å². The van der Waals surface area contributed by atoms with E-state index in [0.29, 0.717) is 41.4 Å². The van der Waals surface area contributed by atoms with Crippen LogP contribution in [0.25, 0.3) is 11.0 Å². The molecule has 3 aliphatic rings. The first-order chi connectivity index (χ1) is 16.0. The number of furan rings is 1. The minimum absolute atomic E-state index is 0.213. The van der Waals surface area contributed by atoms with E-state index >= 15 is 0 Å². The van der Waals surface area contributed by atoms with E-state index in [1.807, 2.05) is 37.3 Å². The van der Waals surface area contributed by atoms with Gasteiger partial charge in [0.15, 0.2) is 17.3 Å². The van der Waals surface area contributed by atoms with Crippen LogP contribution in [0.2, 0.25) is 0 Å². The van der Waals surface area contributed by atoms with Crippen molar-refractivity contribution >= 4 is 16.9 Å². The van der Waals surface area contributed by atoms with E-state index in [0.717, 1.165) is 42.2 Å². The molecule has 3 aromatic rings. The maximum atomic E-state index is 13.0. The van der Waals surface area contributed by atoms with Crippen LogP contribution in [-0.4, -0.2) is 23.4 Å². The summed E-state index contributed by atoms with van der Waals surface area (Å²) in [5.41, 5.74) is 2.66. The molecule has 2 aromatic carbocycles. The van der Waals surface area contributed by atoms with Gasteiger partial charge in [0.2, 0.25) is 6.79 Å². The van der Waals surface area contributed by atoms with Crippen LogP contribution in [0.5, 0.6) is 17.2 Å². The zero-order valence-electron chi connectivity index (χ0n) is 18.6. The normalized spacial score (nSPS) is 20.5. The molecule has 1 amide bonds. The van der Waals surface area contributed by atoms with Gasteiger partial charge in [-0.2, -0.15) is 0 Å². The molecular formula is C26H27NO6. The Kier molecular flexibility index (Phi) is 4.76. The molecule has 3 heterocycles. The fourth-order valence-corrected chi connectivity index (χ4v) is 5.53. The molecule has 6 rings (SSSR count). The van der Waals surface area contributed by atoms with E-state index in [4.69, 9.17) is 18.6 Å². The van der Waals surface area contributed by atoms with Crippen LogP contribution in [0, 0.1) is 6.92 Å². The van der Waals surface area contributed by atoms with E-state index < -0.39 is 6.10 Å². The molecule has 1 fully saturated rings. The summed E-state index contributed by atoms with van der Waals surface area (Å²) in [4.78, 5) is 13.0. The van der Waals surface area contributed by atoms with Gasteiger partial charge in [-0.1, -0.05) is 12.5 Å². The average molecular weight is 450 g/mol. The minimum atomic E-state index is -0.642. The summed E-state index contributed by atoms with van der Waals surface area (Å²) in [6, 6.07) is 9.30. The number of aryl methyl sites for hydroxylation is 1. The van der Waals surface area contributed by atoms with Crippen molar-refractivity contribution in [3.8, 4) is 17.2 Å². The van der Waals surface area contributed by atoms with Gasteiger partial charge in [-0.25, -0.2) is 0 Å². The first-order valence-electron chi connectivity index (χ1n) is 11.6. The van der Waals surface area contributed by atoms with Crippen molar-refractivity contribution in [1.29, 1.82) is 0 Å². The zero-order valence-corrected chi connectivity index (χ0v) is 18.6. The lowest BCUT2D eigenvalue weighted by molar-refractivity contribution is -0.0373. The maximum Gasteiger partial charge on any atom is 0.287 e. The molecule has 0 saturated heterocycles. The van der Waals surface area contributed by atoms with Gasteiger partial charge in [0.1, 0.15) is 16.9 Å². The van der Waals surface area contributed by atoms with Gasteiger partial charge in [0.05, 0.1) is 6.10 Å². The van der Waals surface area contributed by atoms with Crippen molar-refractivity contribution in [2.45, 2.75) is 63.7 Å². The molecule has 1 spiro atoms. The molecule has 0 radical (unpaired) electrons. The summed E-state index contributed by atoms with van der Waals surface area (Å²) >= 11 is 0. The van der Waals surface area contributed by atoms with Gasteiger partial charge >= 0.3 is 0 Å². The number of hydrogen-bond donors (Lipinski definition) is 2. The molecule has 2 N–H and O–H groups in total. The Morgan fingerprint density at radius 3 is 2.73 bits per heavy atom. The Labute approximate surface area is 191 Å². The van der Waals surface area contributed by atoms with Crippen molar-refractivity contribution < 1.29 is 28.5 Å². The van der Waals surface area contributed by atoms with E-state index in [9.17, 15) is 9.90 Å². The van der Waals surface area contributed by atoms with Crippen LogP contribution >= 0.6 is 0 Å². The molecule has 1 atom stereocenters. The van der Waals surface area contributed by atoms with E-state index in [-0.39, 0.29) is 24.1 Å². The van der Waals surface area contributed by atoms with E-state index in [1.165, 1.54) is 6.42 Å². The minimum Gasteiger partial charge on any atom is -0.487 e. The summed E-state index contributed by atoms with van der Waals surface area (Å²) in [6.07, 6.45) is 5.36. The number of carbonyl (C=O) groups is 1. The number of amides is 1. The lowest BCUT2D eigenvalue weighted by Crippen LogP contribution is -2.42. The maximum absolute atomic E-state index is 13.0. The standard InChI is InChI=1S/C26H27NO6/c1-15-22-19(7-8-20-23(22)17(28)12-26(33-20)9-3-2-4-10-26)32-24(15)25(29)27-13-16-5-6-18-21(11-16)31-14-30-18/h5-8,11,17,28H,2-4,9-10,12-14H2,1H3,(H,27,29)/t17-/m1/s1. The molecule has 7 heteroatoms. The second-order valence-electron chi connectivity index (χ2n) is 9.34. The number of carbonyl (C=O) groups excluding carboxylic acids is 1. The summed E-state index contributed by atoms with van der Waals surface area (Å²) in [6.45, 7) is 2.40. The second kappa shape index (κ2) is 7.70. The predicted molar refractivity (Wildman–Crippen MR) is 121 cm³/mol. The van der Waals surface area contributed by atoms with Crippen LogP contribution in [-0.2, 0) is 6.54 Å². The van der Waals surface area contributed by atoms with Crippen molar-refractivity contribution in [1.82, 2.24) is 5.32 Å². The highest BCUT2D eigenvalue weighted by atomic mass is 16.7. The Balaban J connectivity index is 1.27. The van der Waals surface area contributed by atoms with Gasteiger partial charge in [-0.05, 0) is 62.4 Å². The number of aliphatic hydroxyl groups is 1. The molecule has 0 bridgehead atoms. The molecule has 1 aromatic heterocycles. The third kappa shape index (κ3) is 3.42. The number of ether oxygens (including phenoxy) is 3. The Bertz CT molecular complexity index is 1240. The van der Waals surface area contributed by atoms with Gasteiger partial charge in [0, 0.05) is 29.5 Å². The Morgan fingerprint density at radius 1 is 1.09 bits per heavy atom. The van der Waals surface area contributed by atoms with Crippen LogP contribution in [0.15, 0.2) is 34.7 Å². The van der Waals surface area contributed by atoms with Gasteiger partial charge in [-0.3, -0.25) is 4.79 Å². The average Bonchev–Trinajstić information content (AvgIpc) is 3.42. The fraction of sp³-hybridized carbons (Fsp3) is 0.423. The first kappa shape index (κ1) is 20.4. The smallest absolute Gasteiger partial charge is 0.287 e. The molecule has 33 heavy (non-hydrogen) atoms. The molecule has 0 unspecified atom stereocenters. The predicted octanol–water partition coefficient (Wildman–Crippen LogP) is 4.92. The highest BCUT2D eigenvalue weighted by Gasteiger charge is 2.42. The third-order valence-corrected chi connectivity index (χ3v) is 7.18. The summed E-state index contributed by atoms with van der Waals surface area (Å²) in [7, 11) is 0. The number of nitrogens with one attached hydrogen (secondary N) is 1. The molecule has 1 aliphatic carbocycles. The number of fused-ring (bicyclic) bond motifs is 4. The number of hydrogen-bond acceptors (Lipinski definition) is 6. The van der Waals surface area contributed by atoms with Crippen LogP contribution in [0.3, 0.4) is 0 Å².